The summed E-state index contributed by atoms with van der Waals surface area (Å²) in [5, 5.41) is 0. The Balaban J connectivity index is 1.95. The van der Waals surface area contributed by atoms with Crippen LogP contribution in [0.3, 0.4) is 0 Å². The molecule has 3 heteroatoms. The van der Waals surface area contributed by atoms with Gasteiger partial charge in [-0.2, -0.15) is 0 Å². The van der Waals surface area contributed by atoms with Gasteiger partial charge >= 0.3 is 0 Å². The number of nitrogens with two attached hydrogens (primary N) is 1. The third kappa shape index (κ3) is 1.95. The van der Waals surface area contributed by atoms with E-state index in [-0.39, 0.29) is 5.60 Å². The molecule has 2 fully saturated rings. The Hall–Kier alpha value is -0.120. The third-order valence-corrected chi connectivity index (χ3v) is 3.57. The van der Waals surface area contributed by atoms with Gasteiger partial charge < -0.3 is 15.2 Å². The highest BCUT2D eigenvalue weighted by atomic mass is 16.5. The zero-order valence-electron chi connectivity index (χ0n) is 9.00. The zero-order valence-corrected chi connectivity index (χ0v) is 9.00. The maximum Gasteiger partial charge on any atom is 0.0734 e. The SMILES string of the molecule is CCC1CC2(CCO1)CCC(CN)O2. The van der Waals surface area contributed by atoms with Crippen LogP contribution < -0.4 is 5.73 Å². The van der Waals surface area contributed by atoms with Crippen LogP contribution in [0.1, 0.15) is 39.0 Å². The molecule has 0 aromatic carbocycles. The van der Waals surface area contributed by atoms with E-state index >= 15 is 0 Å². The molecule has 14 heavy (non-hydrogen) atoms. The second-order valence-corrected chi connectivity index (χ2v) is 4.55. The van der Waals surface area contributed by atoms with E-state index in [9.17, 15) is 0 Å². The van der Waals surface area contributed by atoms with E-state index in [0.29, 0.717) is 18.8 Å². The Bertz CT molecular complexity index is 198. The Labute approximate surface area is 85.9 Å². The average molecular weight is 199 g/mol. The smallest absolute Gasteiger partial charge is 0.0734 e. The summed E-state index contributed by atoms with van der Waals surface area (Å²) in [6.45, 7) is 3.70. The molecule has 1 spiro atoms. The van der Waals surface area contributed by atoms with Crippen molar-refractivity contribution in [2.75, 3.05) is 13.2 Å². The fourth-order valence-electron chi connectivity index (χ4n) is 2.65. The molecule has 2 saturated heterocycles. The van der Waals surface area contributed by atoms with Gasteiger partial charge in [-0.15, -0.1) is 0 Å². The maximum atomic E-state index is 6.07. The van der Waals surface area contributed by atoms with Gasteiger partial charge in [0.2, 0.25) is 0 Å². The summed E-state index contributed by atoms with van der Waals surface area (Å²) >= 11 is 0. The van der Waals surface area contributed by atoms with Crippen molar-refractivity contribution in [1.29, 1.82) is 0 Å². The minimum Gasteiger partial charge on any atom is -0.378 e. The van der Waals surface area contributed by atoms with Crippen molar-refractivity contribution in [3.05, 3.63) is 0 Å². The fraction of sp³-hybridized carbons (Fsp3) is 1.00. The molecule has 2 rings (SSSR count). The summed E-state index contributed by atoms with van der Waals surface area (Å²) in [6.07, 6.45) is 6.23. The van der Waals surface area contributed by atoms with Gasteiger partial charge in [0, 0.05) is 19.6 Å². The van der Waals surface area contributed by atoms with Gasteiger partial charge in [-0.3, -0.25) is 0 Å². The first-order valence-corrected chi connectivity index (χ1v) is 5.77. The van der Waals surface area contributed by atoms with E-state index in [0.717, 1.165) is 32.3 Å². The van der Waals surface area contributed by atoms with Crippen LogP contribution in [-0.2, 0) is 9.47 Å². The standard InChI is InChI=1S/C11H21NO2/c1-2-9-7-11(5-6-13-9)4-3-10(8-12)14-11/h9-10H,2-8,12H2,1H3. The summed E-state index contributed by atoms with van der Waals surface area (Å²) in [5.41, 5.74) is 5.75. The molecular formula is C11H21NO2. The van der Waals surface area contributed by atoms with E-state index in [1.54, 1.807) is 0 Å². The second-order valence-electron chi connectivity index (χ2n) is 4.55. The molecule has 3 atom stereocenters. The first-order chi connectivity index (χ1) is 6.78. The highest BCUT2D eigenvalue weighted by molar-refractivity contribution is 4.93. The summed E-state index contributed by atoms with van der Waals surface area (Å²) < 4.78 is 11.7. The molecule has 0 aromatic rings. The average Bonchev–Trinajstić information content (AvgIpc) is 2.61. The summed E-state index contributed by atoms with van der Waals surface area (Å²) in [6, 6.07) is 0. The highest BCUT2D eigenvalue weighted by Gasteiger charge is 2.43. The molecule has 2 aliphatic heterocycles. The van der Waals surface area contributed by atoms with E-state index in [1.807, 2.05) is 0 Å². The number of hydrogen-bond acceptors (Lipinski definition) is 3. The highest BCUT2D eigenvalue weighted by Crippen LogP contribution is 2.40. The Kier molecular flexibility index (Phi) is 3.10. The van der Waals surface area contributed by atoms with E-state index < -0.39 is 0 Å². The van der Waals surface area contributed by atoms with Crippen LogP contribution in [0, 0.1) is 0 Å². The molecule has 0 amide bonds. The van der Waals surface area contributed by atoms with Gasteiger partial charge in [-0.25, -0.2) is 0 Å². The molecule has 2 N–H and O–H groups in total. The minimum atomic E-state index is 0.114. The molecule has 0 aliphatic carbocycles. The van der Waals surface area contributed by atoms with E-state index in [1.165, 1.54) is 6.42 Å². The van der Waals surface area contributed by atoms with Crippen LogP contribution in [-0.4, -0.2) is 31.0 Å². The number of rotatable bonds is 2. The van der Waals surface area contributed by atoms with Crippen LogP contribution in [0.15, 0.2) is 0 Å². The summed E-state index contributed by atoms with van der Waals surface area (Å²) in [7, 11) is 0. The second kappa shape index (κ2) is 4.17. The zero-order chi connectivity index (χ0) is 10.0. The van der Waals surface area contributed by atoms with Gasteiger partial charge in [0.05, 0.1) is 17.8 Å². The fourth-order valence-corrected chi connectivity index (χ4v) is 2.65. The van der Waals surface area contributed by atoms with Crippen LogP contribution in [0.4, 0.5) is 0 Å². The van der Waals surface area contributed by atoms with E-state index in [4.69, 9.17) is 15.2 Å². The Morgan fingerprint density at radius 3 is 2.86 bits per heavy atom. The lowest BCUT2D eigenvalue weighted by Crippen LogP contribution is -2.41. The third-order valence-electron chi connectivity index (χ3n) is 3.57. The quantitative estimate of drug-likeness (QED) is 0.732. The van der Waals surface area contributed by atoms with Crippen molar-refractivity contribution in [2.45, 2.75) is 56.8 Å². The van der Waals surface area contributed by atoms with Crippen LogP contribution >= 0.6 is 0 Å². The monoisotopic (exact) mass is 199 g/mol. The summed E-state index contributed by atoms with van der Waals surface area (Å²) in [5.74, 6) is 0. The van der Waals surface area contributed by atoms with Crippen molar-refractivity contribution in [1.82, 2.24) is 0 Å². The van der Waals surface area contributed by atoms with Crippen molar-refractivity contribution in [3.63, 3.8) is 0 Å². The molecule has 0 radical (unpaired) electrons. The topological polar surface area (TPSA) is 44.5 Å². The molecule has 0 saturated carbocycles. The summed E-state index contributed by atoms with van der Waals surface area (Å²) in [4.78, 5) is 0. The van der Waals surface area contributed by atoms with Crippen LogP contribution in [0.5, 0.6) is 0 Å². The van der Waals surface area contributed by atoms with Crippen molar-refractivity contribution in [2.24, 2.45) is 5.73 Å². The molecule has 2 heterocycles. The Morgan fingerprint density at radius 1 is 1.36 bits per heavy atom. The number of hydrogen-bond donors (Lipinski definition) is 1. The van der Waals surface area contributed by atoms with Crippen molar-refractivity contribution in [3.8, 4) is 0 Å². The van der Waals surface area contributed by atoms with Gasteiger partial charge in [0.1, 0.15) is 0 Å². The predicted octanol–water partition coefficient (Wildman–Crippen LogP) is 1.45. The van der Waals surface area contributed by atoms with Gasteiger partial charge in [-0.05, 0) is 25.7 Å². The van der Waals surface area contributed by atoms with Gasteiger partial charge in [0.25, 0.3) is 0 Å². The molecule has 2 aliphatic rings. The molecule has 3 unspecified atom stereocenters. The normalized spacial score (nSPS) is 43.3. The number of ether oxygens (including phenoxy) is 2. The predicted molar refractivity (Wildman–Crippen MR) is 55.2 cm³/mol. The lowest BCUT2D eigenvalue weighted by atomic mass is 9.87. The van der Waals surface area contributed by atoms with Crippen molar-refractivity contribution >= 4 is 0 Å². The molecule has 82 valence electrons. The molecular weight excluding hydrogens is 178 g/mol. The Morgan fingerprint density at radius 2 is 2.21 bits per heavy atom. The minimum absolute atomic E-state index is 0.114. The first-order valence-electron chi connectivity index (χ1n) is 5.77. The molecule has 0 bridgehead atoms. The molecule has 3 nitrogen and oxygen atoms in total. The van der Waals surface area contributed by atoms with E-state index in [2.05, 4.69) is 6.92 Å². The van der Waals surface area contributed by atoms with Crippen LogP contribution in [0.25, 0.3) is 0 Å². The van der Waals surface area contributed by atoms with Gasteiger partial charge in [0.15, 0.2) is 0 Å². The van der Waals surface area contributed by atoms with Crippen LogP contribution in [0.2, 0.25) is 0 Å². The van der Waals surface area contributed by atoms with Gasteiger partial charge in [-0.1, -0.05) is 6.92 Å². The first kappa shape index (κ1) is 10.4. The van der Waals surface area contributed by atoms with Crippen molar-refractivity contribution < 1.29 is 9.47 Å². The lowest BCUT2D eigenvalue weighted by molar-refractivity contribution is -0.130. The molecule has 0 aromatic heterocycles. The lowest BCUT2D eigenvalue weighted by Gasteiger charge is -2.37. The maximum absolute atomic E-state index is 6.07. The largest absolute Gasteiger partial charge is 0.378 e.